The molecule has 2 aromatic rings. The number of nitrogens with two attached hydrogens (primary N) is 1. The van der Waals surface area contributed by atoms with Crippen molar-refractivity contribution in [3.63, 3.8) is 0 Å². The fraction of sp³-hybridized carbons (Fsp3) is 0.231. The molecule has 0 aliphatic heterocycles. The summed E-state index contributed by atoms with van der Waals surface area (Å²) in [5.41, 5.74) is 8.87. The first-order chi connectivity index (χ1) is 8.56. The molecule has 0 unspecified atom stereocenters. The third kappa shape index (κ3) is 2.68. The highest BCUT2D eigenvalue weighted by molar-refractivity contribution is 5.65. The summed E-state index contributed by atoms with van der Waals surface area (Å²) < 4.78 is 0. The lowest BCUT2D eigenvalue weighted by molar-refractivity contribution is 1.05. The van der Waals surface area contributed by atoms with E-state index in [4.69, 9.17) is 5.73 Å². The molecule has 2 rings (SSSR count). The van der Waals surface area contributed by atoms with Crippen molar-refractivity contribution in [3.05, 3.63) is 35.9 Å². The van der Waals surface area contributed by atoms with Gasteiger partial charge in [-0.25, -0.2) is 0 Å². The first-order valence-corrected chi connectivity index (χ1v) is 5.70. The summed E-state index contributed by atoms with van der Waals surface area (Å²) >= 11 is 0. The van der Waals surface area contributed by atoms with E-state index in [0.29, 0.717) is 11.6 Å². The average molecular weight is 243 g/mol. The molecule has 94 valence electrons. The van der Waals surface area contributed by atoms with Crippen LogP contribution in [0.4, 0.5) is 23.0 Å². The number of nitrogen functional groups attached to an aromatic ring is 1. The Kier molecular flexibility index (Phi) is 3.32. The molecular weight excluding hydrogens is 226 g/mol. The molecule has 1 aromatic heterocycles. The molecule has 0 atom stereocenters. The van der Waals surface area contributed by atoms with Crippen LogP contribution in [0.1, 0.15) is 5.56 Å². The zero-order chi connectivity index (χ0) is 13.1. The summed E-state index contributed by atoms with van der Waals surface area (Å²) in [4.78, 5) is 2.08. The number of anilines is 4. The monoisotopic (exact) mass is 243 g/mol. The smallest absolute Gasteiger partial charge is 0.153 e. The molecule has 0 amide bonds. The number of rotatable bonds is 3. The van der Waals surface area contributed by atoms with Crippen LogP contribution in [0, 0.1) is 6.92 Å². The molecule has 0 aliphatic carbocycles. The van der Waals surface area contributed by atoms with E-state index < -0.39 is 0 Å². The van der Waals surface area contributed by atoms with Gasteiger partial charge in [0.05, 0.1) is 0 Å². The lowest BCUT2D eigenvalue weighted by Crippen LogP contribution is -2.10. The Bertz CT molecular complexity index is 534. The van der Waals surface area contributed by atoms with Crippen LogP contribution in [-0.2, 0) is 0 Å². The van der Waals surface area contributed by atoms with Crippen molar-refractivity contribution in [2.45, 2.75) is 6.92 Å². The van der Waals surface area contributed by atoms with E-state index in [-0.39, 0.29) is 0 Å². The van der Waals surface area contributed by atoms with Gasteiger partial charge < -0.3 is 16.0 Å². The minimum atomic E-state index is 0.415. The number of hydrogen-bond acceptors (Lipinski definition) is 5. The summed E-state index contributed by atoms with van der Waals surface area (Å²) in [6.45, 7) is 2.09. The molecule has 18 heavy (non-hydrogen) atoms. The average Bonchev–Trinajstić information content (AvgIpc) is 2.34. The summed E-state index contributed by atoms with van der Waals surface area (Å²) in [7, 11) is 4.05. The predicted octanol–water partition coefficient (Wildman–Crippen LogP) is 2.18. The number of benzene rings is 1. The summed E-state index contributed by atoms with van der Waals surface area (Å²) in [6, 6.07) is 9.68. The van der Waals surface area contributed by atoms with E-state index in [1.54, 1.807) is 12.1 Å². The number of nitrogens with one attached hydrogen (secondary N) is 1. The van der Waals surface area contributed by atoms with Crippen LogP contribution in [0.2, 0.25) is 0 Å². The molecular formula is C13H17N5. The van der Waals surface area contributed by atoms with Gasteiger partial charge in [0.15, 0.2) is 5.82 Å². The summed E-state index contributed by atoms with van der Waals surface area (Å²) in [5, 5.41) is 11.0. The maximum atomic E-state index is 5.50. The minimum Gasteiger partial charge on any atom is -0.382 e. The Labute approximate surface area is 107 Å². The predicted molar refractivity (Wildman–Crippen MR) is 75.2 cm³/mol. The van der Waals surface area contributed by atoms with E-state index in [1.165, 1.54) is 11.3 Å². The highest BCUT2D eigenvalue weighted by Gasteiger charge is 2.03. The van der Waals surface area contributed by atoms with E-state index in [0.717, 1.165) is 5.69 Å². The van der Waals surface area contributed by atoms with Crippen LogP contribution in [-0.4, -0.2) is 24.3 Å². The first kappa shape index (κ1) is 12.2. The van der Waals surface area contributed by atoms with Crippen LogP contribution in [0.3, 0.4) is 0 Å². The van der Waals surface area contributed by atoms with Gasteiger partial charge in [0.1, 0.15) is 5.82 Å². The summed E-state index contributed by atoms with van der Waals surface area (Å²) in [6.07, 6.45) is 0. The number of nitrogens with zero attached hydrogens (tertiary/aromatic N) is 3. The van der Waals surface area contributed by atoms with Crippen LogP contribution in [0.5, 0.6) is 0 Å². The van der Waals surface area contributed by atoms with Gasteiger partial charge in [0.25, 0.3) is 0 Å². The van der Waals surface area contributed by atoms with Gasteiger partial charge in [-0.05, 0) is 36.8 Å². The zero-order valence-corrected chi connectivity index (χ0v) is 10.8. The van der Waals surface area contributed by atoms with Gasteiger partial charge in [-0.1, -0.05) is 6.07 Å². The van der Waals surface area contributed by atoms with Gasteiger partial charge in [-0.3, -0.25) is 0 Å². The lowest BCUT2D eigenvalue weighted by atomic mass is 10.1. The van der Waals surface area contributed by atoms with Gasteiger partial charge in [-0.2, -0.15) is 0 Å². The second-order valence-corrected chi connectivity index (χ2v) is 4.36. The molecule has 0 spiro atoms. The molecule has 1 aromatic carbocycles. The van der Waals surface area contributed by atoms with Gasteiger partial charge in [0.2, 0.25) is 0 Å². The zero-order valence-electron chi connectivity index (χ0n) is 10.8. The highest BCUT2D eigenvalue weighted by Crippen LogP contribution is 2.24. The number of aryl methyl sites for hydroxylation is 1. The van der Waals surface area contributed by atoms with E-state index in [2.05, 4.69) is 39.5 Å². The van der Waals surface area contributed by atoms with Crippen LogP contribution in [0.25, 0.3) is 0 Å². The quantitative estimate of drug-likeness (QED) is 0.864. The Morgan fingerprint density at radius 2 is 1.89 bits per heavy atom. The van der Waals surface area contributed by atoms with E-state index >= 15 is 0 Å². The third-order valence-corrected chi connectivity index (χ3v) is 2.65. The molecule has 0 aliphatic rings. The molecule has 0 bridgehead atoms. The largest absolute Gasteiger partial charge is 0.382 e. The molecule has 3 N–H and O–H groups in total. The molecule has 0 radical (unpaired) electrons. The number of aromatic nitrogens is 2. The van der Waals surface area contributed by atoms with E-state index in [1.807, 2.05) is 20.2 Å². The topological polar surface area (TPSA) is 67.1 Å². The van der Waals surface area contributed by atoms with Crippen molar-refractivity contribution in [1.29, 1.82) is 0 Å². The molecule has 5 nitrogen and oxygen atoms in total. The van der Waals surface area contributed by atoms with Gasteiger partial charge in [-0.15, -0.1) is 10.2 Å². The van der Waals surface area contributed by atoms with Crippen LogP contribution >= 0.6 is 0 Å². The Hall–Kier alpha value is -2.30. The first-order valence-electron chi connectivity index (χ1n) is 5.70. The Morgan fingerprint density at radius 1 is 1.11 bits per heavy atom. The van der Waals surface area contributed by atoms with Gasteiger partial charge >= 0.3 is 0 Å². The minimum absolute atomic E-state index is 0.415. The highest BCUT2D eigenvalue weighted by atomic mass is 15.2. The third-order valence-electron chi connectivity index (χ3n) is 2.65. The standard InChI is InChI=1S/C13H17N5/c1-9-4-5-10(8-11(9)18(2)3)15-13-7-6-12(14)16-17-13/h4-8H,1-3H3,(H2,14,16)(H,15,17). The Morgan fingerprint density at radius 3 is 2.50 bits per heavy atom. The van der Waals surface area contributed by atoms with Crippen LogP contribution < -0.4 is 16.0 Å². The van der Waals surface area contributed by atoms with Crippen LogP contribution in [0.15, 0.2) is 30.3 Å². The summed E-state index contributed by atoms with van der Waals surface area (Å²) in [5.74, 6) is 1.09. The van der Waals surface area contributed by atoms with Crippen molar-refractivity contribution < 1.29 is 0 Å². The van der Waals surface area contributed by atoms with E-state index in [9.17, 15) is 0 Å². The van der Waals surface area contributed by atoms with Crippen molar-refractivity contribution in [3.8, 4) is 0 Å². The second kappa shape index (κ2) is 4.91. The molecule has 0 saturated heterocycles. The van der Waals surface area contributed by atoms with Crippen molar-refractivity contribution >= 4 is 23.0 Å². The van der Waals surface area contributed by atoms with Gasteiger partial charge in [0, 0.05) is 25.5 Å². The van der Waals surface area contributed by atoms with Crippen molar-refractivity contribution in [1.82, 2.24) is 10.2 Å². The normalized spacial score (nSPS) is 10.2. The fourth-order valence-corrected chi connectivity index (χ4v) is 1.73. The maximum Gasteiger partial charge on any atom is 0.153 e. The molecule has 0 saturated carbocycles. The molecule has 1 heterocycles. The lowest BCUT2D eigenvalue weighted by Gasteiger charge is -2.17. The fourth-order valence-electron chi connectivity index (χ4n) is 1.73. The molecule has 5 heteroatoms. The maximum absolute atomic E-state index is 5.50. The second-order valence-electron chi connectivity index (χ2n) is 4.36. The van der Waals surface area contributed by atoms with Crippen molar-refractivity contribution in [2.75, 3.05) is 30.0 Å². The molecule has 0 fully saturated rings. The van der Waals surface area contributed by atoms with Crippen molar-refractivity contribution in [2.24, 2.45) is 0 Å². The number of hydrogen-bond donors (Lipinski definition) is 2. The SMILES string of the molecule is Cc1ccc(Nc2ccc(N)nn2)cc1N(C)C. The Balaban J connectivity index is 2.24.